The van der Waals surface area contributed by atoms with E-state index in [0.29, 0.717) is 23.7 Å². The fraction of sp³-hybridized carbons (Fsp3) is 0.957. The van der Waals surface area contributed by atoms with Gasteiger partial charge in [0.1, 0.15) is 12.2 Å². The highest BCUT2D eigenvalue weighted by atomic mass is 16.7. The van der Waals surface area contributed by atoms with E-state index in [1.54, 1.807) is 0 Å². The molecule has 0 N–H and O–H groups in total. The summed E-state index contributed by atoms with van der Waals surface area (Å²) >= 11 is 0. The molecule has 3 heteroatoms. The van der Waals surface area contributed by atoms with E-state index in [-0.39, 0.29) is 18.4 Å². The van der Waals surface area contributed by atoms with Gasteiger partial charge >= 0.3 is 6.16 Å². The average molecular weight is 363 g/mol. The lowest BCUT2D eigenvalue weighted by atomic mass is 9.66. The summed E-state index contributed by atoms with van der Waals surface area (Å²) in [6.07, 6.45) is 15.3. The molecule has 0 aromatic heterocycles. The molecule has 4 rings (SSSR count). The average Bonchev–Trinajstić information content (AvgIpc) is 2.66. The first kappa shape index (κ1) is 18.6. The Hall–Kier alpha value is -0.730. The summed E-state index contributed by atoms with van der Waals surface area (Å²) in [6.45, 7) is 4.53. The van der Waals surface area contributed by atoms with Crippen LogP contribution in [0.5, 0.6) is 0 Å². The van der Waals surface area contributed by atoms with Crippen molar-refractivity contribution in [2.45, 2.75) is 103 Å². The molecule has 4 aliphatic rings. The molecule has 0 bridgehead atoms. The lowest BCUT2D eigenvalue weighted by Crippen LogP contribution is -2.45. The predicted octanol–water partition coefficient (Wildman–Crippen LogP) is 6.35. The standard InChI is InChI=1S/C23H38O3/c1-15-11-13-17-7-3-5-9-19(17)21(15)25-23(24)26-22-16(2)12-14-18-8-4-6-10-20(18)22/h15-22H,3-14H2,1-2H3. The minimum Gasteiger partial charge on any atom is -0.430 e. The van der Waals surface area contributed by atoms with Gasteiger partial charge in [-0.05, 0) is 74.0 Å². The summed E-state index contributed by atoms with van der Waals surface area (Å²) in [5.74, 6) is 3.65. The molecule has 0 aromatic rings. The molecule has 148 valence electrons. The number of ether oxygens (including phenoxy) is 2. The summed E-state index contributed by atoms with van der Waals surface area (Å²) < 4.78 is 12.1. The monoisotopic (exact) mass is 362 g/mol. The van der Waals surface area contributed by atoms with E-state index >= 15 is 0 Å². The molecule has 3 nitrogen and oxygen atoms in total. The quantitative estimate of drug-likeness (QED) is 0.537. The molecule has 0 aliphatic heterocycles. The Morgan fingerprint density at radius 1 is 0.615 bits per heavy atom. The van der Waals surface area contributed by atoms with Crippen molar-refractivity contribution in [3.8, 4) is 0 Å². The fourth-order valence-corrected chi connectivity index (χ4v) is 6.84. The van der Waals surface area contributed by atoms with Crippen LogP contribution in [0.1, 0.15) is 90.9 Å². The summed E-state index contributed by atoms with van der Waals surface area (Å²) in [6, 6.07) is 0. The maximum atomic E-state index is 12.8. The van der Waals surface area contributed by atoms with Crippen LogP contribution in [-0.2, 0) is 9.47 Å². The third-order valence-electron chi connectivity index (χ3n) is 8.35. The Bertz CT molecular complexity index is 448. The summed E-state index contributed by atoms with van der Waals surface area (Å²) in [4.78, 5) is 12.8. The Labute approximate surface area is 159 Å². The summed E-state index contributed by atoms with van der Waals surface area (Å²) in [5.41, 5.74) is 0. The van der Waals surface area contributed by atoms with E-state index < -0.39 is 0 Å². The molecule has 4 saturated carbocycles. The SMILES string of the molecule is CC1CCC2CCCCC2C1OC(=O)OC1C(C)CCC2CCCCC21. The van der Waals surface area contributed by atoms with Crippen molar-refractivity contribution < 1.29 is 14.3 Å². The summed E-state index contributed by atoms with van der Waals surface area (Å²) in [5, 5.41) is 0. The molecule has 0 aromatic carbocycles. The molecular formula is C23H38O3. The largest absolute Gasteiger partial charge is 0.508 e. The van der Waals surface area contributed by atoms with E-state index in [2.05, 4.69) is 13.8 Å². The molecule has 0 spiro atoms. The minimum absolute atomic E-state index is 0.0857. The van der Waals surface area contributed by atoms with Crippen LogP contribution in [0.15, 0.2) is 0 Å². The Morgan fingerprint density at radius 3 is 1.50 bits per heavy atom. The van der Waals surface area contributed by atoms with Crippen LogP contribution < -0.4 is 0 Å². The van der Waals surface area contributed by atoms with Crippen LogP contribution in [0.25, 0.3) is 0 Å². The molecule has 0 amide bonds. The Morgan fingerprint density at radius 2 is 1.04 bits per heavy atom. The molecule has 0 saturated heterocycles. The first-order valence-electron chi connectivity index (χ1n) is 11.5. The number of carbonyl (C=O) groups excluding carboxylic acids is 1. The fourth-order valence-electron chi connectivity index (χ4n) is 6.84. The molecule has 26 heavy (non-hydrogen) atoms. The van der Waals surface area contributed by atoms with Gasteiger partial charge in [0.15, 0.2) is 0 Å². The molecule has 0 radical (unpaired) electrons. The van der Waals surface area contributed by atoms with Crippen molar-refractivity contribution in [2.75, 3.05) is 0 Å². The highest BCUT2D eigenvalue weighted by molar-refractivity contribution is 5.60. The Kier molecular flexibility index (Phi) is 5.81. The van der Waals surface area contributed by atoms with Gasteiger partial charge in [0.05, 0.1) is 0 Å². The summed E-state index contributed by atoms with van der Waals surface area (Å²) in [7, 11) is 0. The van der Waals surface area contributed by atoms with E-state index in [4.69, 9.17) is 9.47 Å². The zero-order valence-electron chi connectivity index (χ0n) is 16.8. The van der Waals surface area contributed by atoms with Crippen LogP contribution in [0.3, 0.4) is 0 Å². The second kappa shape index (κ2) is 8.10. The first-order chi connectivity index (χ1) is 12.6. The zero-order valence-corrected chi connectivity index (χ0v) is 16.8. The van der Waals surface area contributed by atoms with Gasteiger partial charge in [-0.25, -0.2) is 4.79 Å². The van der Waals surface area contributed by atoms with Gasteiger partial charge in [0.25, 0.3) is 0 Å². The number of rotatable bonds is 2. The van der Waals surface area contributed by atoms with Gasteiger partial charge in [-0.15, -0.1) is 0 Å². The zero-order chi connectivity index (χ0) is 18.1. The van der Waals surface area contributed by atoms with E-state index in [9.17, 15) is 4.79 Å². The lowest BCUT2D eigenvalue weighted by molar-refractivity contribution is -0.102. The first-order valence-corrected chi connectivity index (χ1v) is 11.5. The van der Waals surface area contributed by atoms with Crippen LogP contribution in [0, 0.1) is 35.5 Å². The predicted molar refractivity (Wildman–Crippen MR) is 103 cm³/mol. The number of hydrogen-bond acceptors (Lipinski definition) is 3. The van der Waals surface area contributed by atoms with Crippen LogP contribution in [-0.4, -0.2) is 18.4 Å². The van der Waals surface area contributed by atoms with Crippen molar-refractivity contribution in [1.29, 1.82) is 0 Å². The molecule has 4 fully saturated rings. The van der Waals surface area contributed by atoms with Crippen LogP contribution in [0.2, 0.25) is 0 Å². The third kappa shape index (κ3) is 3.78. The van der Waals surface area contributed by atoms with Gasteiger partial charge in [0, 0.05) is 0 Å². The highest BCUT2D eigenvalue weighted by Crippen LogP contribution is 2.46. The Balaban J connectivity index is 1.39. The topological polar surface area (TPSA) is 35.5 Å². The van der Waals surface area contributed by atoms with Crippen molar-refractivity contribution >= 4 is 6.16 Å². The van der Waals surface area contributed by atoms with Crippen molar-refractivity contribution in [2.24, 2.45) is 35.5 Å². The van der Waals surface area contributed by atoms with Gasteiger partial charge in [0.2, 0.25) is 0 Å². The number of fused-ring (bicyclic) bond motifs is 2. The van der Waals surface area contributed by atoms with Gasteiger partial charge < -0.3 is 9.47 Å². The maximum Gasteiger partial charge on any atom is 0.508 e. The lowest BCUT2D eigenvalue weighted by Gasteiger charge is -2.45. The minimum atomic E-state index is -0.365. The molecule has 8 atom stereocenters. The molecule has 0 heterocycles. The van der Waals surface area contributed by atoms with Crippen LogP contribution >= 0.6 is 0 Å². The number of carbonyl (C=O) groups is 1. The maximum absolute atomic E-state index is 12.8. The molecule has 4 aliphatic carbocycles. The van der Waals surface area contributed by atoms with Crippen molar-refractivity contribution in [3.63, 3.8) is 0 Å². The third-order valence-corrected chi connectivity index (χ3v) is 8.35. The van der Waals surface area contributed by atoms with Gasteiger partial charge in [-0.1, -0.05) is 52.4 Å². The second-order valence-corrected chi connectivity index (χ2v) is 9.94. The molecular weight excluding hydrogens is 324 g/mol. The highest BCUT2D eigenvalue weighted by Gasteiger charge is 2.44. The van der Waals surface area contributed by atoms with E-state index in [0.717, 1.165) is 11.8 Å². The van der Waals surface area contributed by atoms with Gasteiger partial charge in [-0.3, -0.25) is 0 Å². The van der Waals surface area contributed by atoms with Crippen molar-refractivity contribution in [3.05, 3.63) is 0 Å². The second-order valence-electron chi connectivity index (χ2n) is 9.94. The van der Waals surface area contributed by atoms with Gasteiger partial charge in [-0.2, -0.15) is 0 Å². The van der Waals surface area contributed by atoms with Crippen molar-refractivity contribution in [1.82, 2.24) is 0 Å². The van der Waals surface area contributed by atoms with E-state index in [1.165, 1.54) is 77.0 Å². The van der Waals surface area contributed by atoms with E-state index in [1.807, 2.05) is 0 Å². The molecule has 8 unspecified atom stereocenters. The smallest absolute Gasteiger partial charge is 0.430 e. The normalized spacial score (nSPS) is 45.9. The van der Waals surface area contributed by atoms with Crippen LogP contribution in [0.4, 0.5) is 4.79 Å². The number of hydrogen-bond donors (Lipinski definition) is 0.